The molecule has 5 heteroatoms. The molecule has 1 aliphatic rings. The second kappa shape index (κ2) is 7.89. The van der Waals surface area contributed by atoms with E-state index < -0.39 is 0 Å². The highest BCUT2D eigenvalue weighted by molar-refractivity contribution is 5.89. The molecule has 0 bridgehead atoms. The van der Waals surface area contributed by atoms with E-state index in [1.807, 2.05) is 55.5 Å². The molecule has 1 atom stereocenters. The molecule has 2 aromatic rings. The Morgan fingerprint density at radius 1 is 1.15 bits per heavy atom. The summed E-state index contributed by atoms with van der Waals surface area (Å²) in [6, 6.07) is 14.1. The minimum Gasteiger partial charge on any atom is -0.508 e. The van der Waals surface area contributed by atoms with Gasteiger partial charge < -0.3 is 14.7 Å². The van der Waals surface area contributed by atoms with E-state index in [0.29, 0.717) is 17.9 Å². The Morgan fingerprint density at radius 3 is 2.42 bits per heavy atom. The summed E-state index contributed by atoms with van der Waals surface area (Å²) in [5.74, 6) is 1.50. The van der Waals surface area contributed by atoms with Crippen molar-refractivity contribution in [2.24, 2.45) is 0 Å². The molecule has 1 aliphatic heterocycles. The standard InChI is InChI=1S/C21H21NO4/c1-3-4-20-19(14-23)21(16-7-11-18(25-2)12-8-16)26-22(20)13-15-5-9-17(24)10-6-15/h3-12,14,20,24H,13H2,1-2H3/b4-3+. The first-order valence-electron chi connectivity index (χ1n) is 8.35. The third-order valence-corrected chi connectivity index (χ3v) is 4.23. The number of carbonyl (C=O) groups excluding carboxylic acids is 1. The molecule has 0 spiro atoms. The maximum atomic E-state index is 11.8. The predicted octanol–water partition coefficient (Wildman–Crippen LogP) is 3.70. The van der Waals surface area contributed by atoms with E-state index in [2.05, 4.69) is 0 Å². The molecular formula is C21H21NO4. The molecule has 134 valence electrons. The number of aromatic hydroxyl groups is 1. The van der Waals surface area contributed by atoms with Gasteiger partial charge >= 0.3 is 0 Å². The number of hydrogen-bond donors (Lipinski definition) is 1. The highest BCUT2D eigenvalue weighted by Crippen LogP contribution is 2.34. The fourth-order valence-corrected chi connectivity index (χ4v) is 2.90. The summed E-state index contributed by atoms with van der Waals surface area (Å²) in [4.78, 5) is 17.8. The number of carbonyl (C=O) groups is 1. The fourth-order valence-electron chi connectivity index (χ4n) is 2.90. The van der Waals surface area contributed by atoms with E-state index >= 15 is 0 Å². The van der Waals surface area contributed by atoms with Gasteiger partial charge in [0.1, 0.15) is 11.5 Å². The van der Waals surface area contributed by atoms with Gasteiger partial charge in [0.25, 0.3) is 0 Å². The van der Waals surface area contributed by atoms with Gasteiger partial charge in [-0.2, -0.15) is 0 Å². The van der Waals surface area contributed by atoms with Crippen molar-refractivity contribution in [2.45, 2.75) is 19.5 Å². The SMILES string of the molecule is C/C=C/C1C(C=O)=C(c2ccc(OC)cc2)ON1Cc1ccc(O)cc1. The molecule has 0 aliphatic carbocycles. The Hall–Kier alpha value is -3.05. The van der Waals surface area contributed by atoms with Crippen LogP contribution in [0, 0.1) is 0 Å². The monoisotopic (exact) mass is 351 g/mol. The van der Waals surface area contributed by atoms with E-state index in [9.17, 15) is 9.90 Å². The maximum absolute atomic E-state index is 11.8. The van der Waals surface area contributed by atoms with Crippen LogP contribution >= 0.6 is 0 Å². The van der Waals surface area contributed by atoms with Crippen LogP contribution in [0.2, 0.25) is 0 Å². The summed E-state index contributed by atoms with van der Waals surface area (Å²) in [5, 5.41) is 11.2. The summed E-state index contributed by atoms with van der Waals surface area (Å²) in [7, 11) is 1.61. The summed E-state index contributed by atoms with van der Waals surface area (Å²) >= 11 is 0. The lowest BCUT2D eigenvalue weighted by Crippen LogP contribution is -2.29. The number of hydroxylamine groups is 2. The van der Waals surface area contributed by atoms with Crippen LogP contribution in [-0.2, 0) is 16.2 Å². The van der Waals surface area contributed by atoms with Crippen molar-refractivity contribution in [2.75, 3.05) is 7.11 Å². The van der Waals surface area contributed by atoms with Gasteiger partial charge in [-0.15, -0.1) is 5.06 Å². The smallest absolute Gasteiger partial charge is 0.163 e. The van der Waals surface area contributed by atoms with E-state index in [1.165, 1.54) is 0 Å². The number of rotatable bonds is 6. The molecule has 26 heavy (non-hydrogen) atoms. The third-order valence-electron chi connectivity index (χ3n) is 4.23. The molecule has 0 amide bonds. The van der Waals surface area contributed by atoms with Gasteiger partial charge in [0.05, 0.1) is 25.3 Å². The van der Waals surface area contributed by atoms with Crippen LogP contribution in [0.4, 0.5) is 0 Å². The first kappa shape index (κ1) is 17.8. The van der Waals surface area contributed by atoms with Crippen LogP contribution in [0.15, 0.2) is 66.3 Å². The van der Waals surface area contributed by atoms with Gasteiger partial charge in [-0.25, -0.2) is 0 Å². The van der Waals surface area contributed by atoms with Crippen molar-refractivity contribution in [3.8, 4) is 11.5 Å². The molecule has 1 N–H and O–H groups in total. The van der Waals surface area contributed by atoms with Gasteiger partial charge in [-0.05, 0) is 48.9 Å². The number of phenols is 1. The highest BCUT2D eigenvalue weighted by atomic mass is 16.7. The summed E-state index contributed by atoms with van der Waals surface area (Å²) in [6.45, 7) is 2.39. The third kappa shape index (κ3) is 3.63. The van der Waals surface area contributed by atoms with Crippen LogP contribution in [0.3, 0.4) is 0 Å². The minimum atomic E-state index is -0.275. The zero-order chi connectivity index (χ0) is 18.5. The highest BCUT2D eigenvalue weighted by Gasteiger charge is 2.34. The molecule has 1 heterocycles. The molecule has 5 nitrogen and oxygen atoms in total. The van der Waals surface area contributed by atoms with Crippen molar-refractivity contribution in [1.82, 2.24) is 5.06 Å². The average Bonchev–Trinajstić information content (AvgIpc) is 3.01. The molecule has 0 fully saturated rings. The van der Waals surface area contributed by atoms with Gasteiger partial charge in [0, 0.05) is 5.56 Å². The number of aldehydes is 1. The van der Waals surface area contributed by atoms with Crippen LogP contribution in [-0.4, -0.2) is 29.6 Å². The average molecular weight is 351 g/mol. The lowest BCUT2D eigenvalue weighted by Gasteiger charge is -2.21. The van der Waals surface area contributed by atoms with Crippen molar-refractivity contribution in [1.29, 1.82) is 0 Å². The molecule has 0 radical (unpaired) electrons. The summed E-state index contributed by atoms with van der Waals surface area (Å²) < 4.78 is 5.19. The lowest BCUT2D eigenvalue weighted by atomic mass is 10.0. The largest absolute Gasteiger partial charge is 0.508 e. The zero-order valence-electron chi connectivity index (χ0n) is 14.8. The summed E-state index contributed by atoms with van der Waals surface area (Å²) in [6.07, 6.45) is 4.68. The second-order valence-electron chi connectivity index (χ2n) is 5.93. The van der Waals surface area contributed by atoms with Gasteiger partial charge in [-0.3, -0.25) is 4.79 Å². The maximum Gasteiger partial charge on any atom is 0.163 e. The van der Waals surface area contributed by atoms with E-state index in [0.717, 1.165) is 23.2 Å². The zero-order valence-corrected chi connectivity index (χ0v) is 14.8. The van der Waals surface area contributed by atoms with Gasteiger partial charge in [-0.1, -0.05) is 24.3 Å². The minimum absolute atomic E-state index is 0.215. The topological polar surface area (TPSA) is 59.0 Å². The molecule has 3 rings (SSSR count). The van der Waals surface area contributed by atoms with Gasteiger partial charge in [0.2, 0.25) is 0 Å². The van der Waals surface area contributed by atoms with Crippen LogP contribution in [0.25, 0.3) is 5.76 Å². The van der Waals surface area contributed by atoms with Crippen LogP contribution < -0.4 is 4.74 Å². The van der Waals surface area contributed by atoms with Crippen molar-refractivity contribution in [3.63, 3.8) is 0 Å². The predicted molar refractivity (Wildman–Crippen MR) is 99.3 cm³/mol. The number of ether oxygens (including phenoxy) is 1. The van der Waals surface area contributed by atoms with Gasteiger partial charge in [0.15, 0.2) is 12.0 Å². The molecule has 0 aromatic heterocycles. The Bertz CT molecular complexity index is 822. The second-order valence-corrected chi connectivity index (χ2v) is 5.93. The number of benzene rings is 2. The molecular weight excluding hydrogens is 330 g/mol. The Kier molecular flexibility index (Phi) is 5.39. The lowest BCUT2D eigenvalue weighted by molar-refractivity contribution is -0.107. The summed E-state index contributed by atoms with van der Waals surface area (Å²) in [5.41, 5.74) is 2.36. The number of methoxy groups -OCH3 is 1. The Morgan fingerprint density at radius 2 is 1.85 bits per heavy atom. The number of allylic oxidation sites excluding steroid dienone is 1. The van der Waals surface area contributed by atoms with E-state index in [-0.39, 0.29) is 11.8 Å². The van der Waals surface area contributed by atoms with Crippen molar-refractivity contribution < 1.29 is 19.5 Å². The van der Waals surface area contributed by atoms with Crippen molar-refractivity contribution in [3.05, 3.63) is 77.4 Å². The Balaban J connectivity index is 1.91. The molecule has 1 unspecified atom stereocenters. The normalized spacial score (nSPS) is 17.5. The van der Waals surface area contributed by atoms with Crippen LogP contribution in [0.5, 0.6) is 11.5 Å². The van der Waals surface area contributed by atoms with Crippen molar-refractivity contribution >= 4 is 12.0 Å². The quantitative estimate of drug-likeness (QED) is 0.635. The fraction of sp³-hybridized carbons (Fsp3) is 0.190. The van der Waals surface area contributed by atoms with E-state index in [1.54, 1.807) is 24.3 Å². The van der Waals surface area contributed by atoms with Crippen LogP contribution in [0.1, 0.15) is 18.1 Å². The molecule has 0 saturated carbocycles. The first-order chi connectivity index (χ1) is 12.7. The first-order valence-corrected chi connectivity index (χ1v) is 8.35. The molecule has 2 aromatic carbocycles. The Labute approximate surface area is 152 Å². The number of nitrogens with zero attached hydrogens (tertiary/aromatic N) is 1. The number of hydrogen-bond acceptors (Lipinski definition) is 5. The number of phenolic OH excluding ortho intramolecular Hbond substituents is 1. The molecule has 0 saturated heterocycles. The van der Waals surface area contributed by atoms with E-state index in [4.69, 9.17) is 9.57 Å².